The second kappa shape index (κ2) is 13.2. The Morgan fingerprint density at radius 3 is 2.50 bits per heavy atom. The van der Waals surface area contributed by atoms with Gasteiger partial charge in [-0.05, 0) is 62.4 Å². The molecule has 2 heterocycles. The van der Waals surface area contributed by atoms with Gasteiger partial charge in [-0.3, -0.25) is 9.78 Å². The van der Waals surface area contributed by atoms with E-state index in [1.807, 2.05) is 0 Å². The number of methoxy groups -OCH3 is 1. The van der Waals surface area contributed by atoms with Crippen molar-refractivity contribution in [3.8, 4) is 5.75 Å². The number of carboxylic acid groups (broad SMARTS) is 1. The highest BCUT2D eigenvalue weighted by Crippen LogP contribution is 2.43. The first-order valence-corrected chi connectivity index (χ1v) is 14.0. The van der Waals surface area contributed by atoms with Gasteiger partial charge in [0.2, 0.25) is 0 Å². The second-order valence-corrected chi connectivity index (χ2v) is 11.3. The topological polar surface area (TPSA) is 62.7 Å². The molecule has 2 aromatic carbocycles. The maximum absolute atomic E-state index is 15.8. The van der Waals surface area contributed by atoms with Gasteiger partial charge in [-0.1, -0.05) is 0 Å². The number of aliphatic carboxylic acids is 1. The molecule has 1 aromatic heterocycles. The molecule has 1 aliphatic rings. The van der Waals surface area contributed by atoms with Crippen LogP contribution in [0.15, 0.2) is 41.4 Å². The zero-order valence-corrected chi connectivity index (χ0v) is 22.9. The molecule has 216 valence electrons. The van der Waals surface area contributed by atoms with E-state index in [0.717, 1.165) is 11.8 Å². The molecule has 3 aromatic rings. The van der Waals surface area contributed by atoms with Gasteiger partial charge < -0.3 is 14.7 Å². The summed E-state index contributed by atoms with van der Waals surface area (Å²) in [5.41, 5.74) is 0.252. The number of rotatable bonds is 12. The van der Waals surface area contributed by atoms with E-state index in [1.165, 1.54) is 13.3 Å². The first kappa shape index (κ1) is 30.0. The highest BCUT2D eigenvalue weighted by atomic mass is 32.2. The minimum atomic E-state index is -1.52. The second-order valence-electron chi connectivity index (χ2n) is 10.2. The van der Waals surface area contributed by atoms with Gasteiger partial charge in [-0.25, -0.2) is 22.0 Å². The number of benzene rings is 2. The number of carboxylic acids is 1. The van der Waals surface area contributed by atoms with Crippen molar-refractivity contribution in [3.63, 3.8) is 0 Å². The van der Waals surface area contributed by atoms with Crippen molar-refractivity contribution >= 4 is 28.6 Å². The number of ether oxygens (including phenoxy) is 1. The summed E-state index contributed by atoms with van der Waals surface area (Å²) in [6.45, 7) is 0.712. The average Bonchev–Trinajstić information content (AvgIpc) is 2.92. The zero-order valence-electron chi connectivity index (χ0n) is 22.1. The van der Waals surface area contributed by atoms with Crippen molar-refractivity contribution in [2.75, 3.05) is 32.5 Å². The van der Waals surface area contributed by atoms with Gasteiger partial charge >= 0.3 is 5.97 Å². The molecule has 1 atom stereocenters. The van der Waals surface area contributed by atoms with Gasteiger partial charge in [0.05, 0.1) is 23.9 Å². The van der Waals surface area contributed by atoms with Gasteiger partial charge in [0.1, 0.15) is 36.0 Å². The summed E-state index contributed by atoms with van der Waals surface area (Å²) < 4.78 is 75.9. The Bertz CT molecular complexity index is 1320. The van der Waals surface area contributed by atoms with Crippen LogP contribution in [0, 0.1) is 22.9 Å². The standard InChI is InChI=1S/C29H31F5N2O3S/c1-39-20-2-3-25-21(14-20)27(18(16-30)17-35-25)22(32)4-5-29(15-26(37)38)6-8-36(9-7-29)10-11-40-28-23(33)12-19(31)13-24(28)34/h2-3,12-14,17,22H,4-11,15-16H2,1H3,(H,37,38)/t22-/m0/s1. The normalized spacial score (nSPS) is 16.2. The van der Waals surface area contributed by atoms with E-state index in [2.05, 4.69) is 9.88 Å². The molecular weight excluding hydrogens is 551 g/mol. The van der Waals surface area contributed by atoms with E-state index in [9.17, 15) is 27.5 Å². The van der Waals surface area contributed by atoms with Crippen molar-refractivity contribution in [2.45, 2.75) is 49.8 Å². The Balaban J connectivity index is 1.41. The Hall–Kier alpha value is -2.92. The number of pyridine rings is 1. The highest BCUT2D eigenvalue weighted by molar-refractivity contribution is 7.99. The molecule has 5 nitrogen and oxygen atoms in total. The van der Waals surface area contributed by atoms with E-state index in [4.69, 9.17) is 4.74 Å². The number of hydrogen-bond acceptors (Lipinski definition) is 5. The van der Waals surface area contributed by atoms with E-state index in [1.54, 1.807) is 18.2 Å². The molecule has 1 N–H and O–H groups in total. The summed E-state index contributed by atoms with van der Waals surface area (Å²) in [6, 6.07) is 6.31. The molecule has 1 fully saturated rings. The number of hydrogen-bond donors (Lipinski definition) is 1. The maximum Gasteiger partial charge on any atom is 0.303 e. The number of alkyl halides is 2. The maximum atomic E-state index is 15.8. The summed E-state index contributed by atoms with van der Waals surface area (Å²) in [4.78, 5) is 17.8. The van der Waals surface area contributed by atoms with E-state index < -0.39 is 41.7 Å². The zero-order chi connectivity index (χ0) is 28.9. The van der Waals surface area contributed by atoms with Crippen LogP contribution in [0.1, 0.15) is 49.4 Å². The fourth-order valence-corrected chi connectivity index (χ4v) is 6.39. The number of halogens is 5. The molecule has 11 heteroatoms. The molecule has 0 unspecified atom stereocenters. The molecule has 0 amide bonds. The molecule has 0 spiro atoms. The third-order valence-electron chi connectivity index (χ3n) is 7.64. The van der Waals surface area contributed by atoms with Crippen LogP contribution in [0.3, 0.4) is 0 Å². The van der Waals surface area contributed by atoms with Crippen LogP contribution in [0.2, 0.25) is 0 Å². The number of carbonyl (C=O) groups is 1. The van der Waals surface area contributed by atoms with Gasteiger partial charge in [0, 0.05) is 47.1 Å². The number of thioether (sulfide) groups is 1. The highest BCUT2D eigenvalue weighted by Gasteiger charge is 2.37. The lowest BCUT2D eigenvalue weighted by atomic mass is 9.71. The van der Waals surface area contributed by atoms with E-state index in [0.29, 0.717) is 73.4 Å². The molecular formula is C29H31F5N2O3S. The van der Waals surface area contributed by atoms with Gasteiger partial charge in [0.25, 0.3) is 0 Å². The minimum Gasteiger partial charge on any atom is -0.497 e. The largest absolute Gasteiger partial charge is 0.497 e. The number of piperidine rings is 1. The van der Waals surface area contributed by atoms with Crippen LogP contribution in [-0.2, 0) is 11.5 Å². The van der Waals surface area contributed by atoms with Crippen LogP contribution in [-0.4, -0.2) is 53.5 Å². The Morgan fingerprint density at radius 1 is 1.18 bits per heavy atom. The summed E-state index contributed by atoms with van der Waals surface area (Å²) >= 11 is 0.959. The van der Waals surface area contributed by atoms with Crippen LogP contribution in [0.4, 0.5) is 22.0 Å². The quantitative estimate of drug-likeness (QED) is 0.179. The predicted octanol–water partition coefficient (Wildman–Crippen LogP) is 7.27. The van der Waals surface area contributed by atoms with Gasteiger partial charge in [0.15, 0.2) is 0 Å². The van der Waals surface area contributed by atoms with Crippen molar-refractivity contribution in [3.05, 3.63) is 65.1 Å². The fraction of sp³-hybridized carbons (Fsp3) is 0.448. The molecule has 0 saturated carbocycles. The lowest BCUT2D eigenvalue weighted by molar-refractivity contribution is -0.141. The van der Waals surface area contributed by atoms with E-state index in [-0.39, 0.29) is 28.9 Å². The fourth-order valence-electron chi connectivity index (χ4n) is 5.44. The van der Waals surface area contributed by atoms with Crippen molar-refractivity contribution in [1.82, 2.24) is 9.88 Å². The van der Waals surface area contributed by atoms with Gasteiger partial charge in [-0.15, -0.1) is 11.8 Å². The summed E-state index contributed by atoms with van der Waals surface area (Å²) in [5.74, 6) is -2.97. The smallest absolute Gasteiger partial charge is 0.303 e. The first-order chi connectivity index (χ1) is 19.1. The number of fused-ring (bicyclic) bond motifs is 1. The lowest BCUT2D eigenvalue weighted by Crippen LogP contribution is -2.42. The molecule has 1 aliphatic heterocycles. The summed E-state index contributed by atoms with van der Waals surface area (Å²) in [7, 11) is 1.49. The minimum absolute atomic E-state index is 0.0234. The molecule has 0 radical (unpaired) electrons. The SMILES string of the molecule is COc1ccc2ncc(CF)c([C@@H](F)CCC3(CC(=O)O)CCN(CCSc4c(F)cc(F)cc4F)CC3)c2c1. The third kappa shape index (κ3) is 7.04. The van der Waals surface area contributed by atoms with Crippen LogP contribution in [0.5, 0.6) is 5.75 Å². The van der Waals surface area contributed by atoms with Crippen LogP contribution in [0.25, 0.3) is 10.9 Å². The molecule has 1 saturated heterocycles. The summed E-state index contributed by atoms with van der Waals surface area (Å²) in [5, 5.41) is 10.1. The first-order valence-electron chi connectivity index (χ1n) is 13.0. The number of aromatic nitrogens is 1. The molecule has 0 bridgehead atoms. The Morgan fingerprint density at radius 2 is 1.88 bits per heavy atom. The molecule has 4 rings (SSSR count). The summed E-state index contributed by atoms with van der Waals surface area (Å²) in [6.07, 6.45) is 1.04. The number of nitrogens with zero attached hydrogens (tertiary/aromatic N) is 2. The molecule has 0 aliphatic carbocycles. The average molecular weight is 583 g/mol. The van der Waals surface area contributed by atoms with Crippen LogP contribution >= 0.6 is 11.8 Å². The monoisotopic (exact) mass is 582 g/mol. The third-order valence-corrected chi connectivity index (χ3v) is 8.71. The van der Waals surface area contributed by atoms with Crippen molar-refractivity contribution in [2.24, 2.45) is 5.41 Å². The van der Waals surface area contributed by atoms with Crippen molar-refractivity contribution in [1.29, 1.82) is 0 Å². The van der Waals surface area contributed by atoms with Gasteiger partial charge in [-0.2, -0.15) is 0 Å². The van der Waals surface area contributed by atoms with Crippen molar-refractivity contribution < 1.29 is 36.6 Å². The Kier molecular flexibility index (Phi) is 9.89. The lowest BCUT2D eigenvalue weighted by Gasteiger charge is -2.41. The molecule has 40 heavy (non-hydrogen) atoms. The van der Waals surface area contributed by atoms with E-state index >= 15 is 4.39 Å². The van der Waals surface area contributed by atoms with Crippen LogP contribution < -0.4 is 4.74 Å². The number of likely N-dealkylation sites (tertiary alicyclic amines) is 1. The predicted molar refractivity (Wildman–Crippen MR) is 144 cm³/mol. The Labute approximate surface area is 233 Å².